The number of carbonyl (C=O) groups excluding carboxylic acids is 1. The van der Waals surface area contributed by atoms with Crippen LogP contribution in [0.15, 0.2) is 65.6 Å². The second kappa shape index (κ2) is 7.15. The molecule has 0 aliphatic rings. The highest BCUT2D eigenvalue weighted by molar-refractivity contribution is 8.00. The summed E-state index contributed by atoms with van der Waals surface area (Å²) in [5.74, 6) is 0.618. The van der Waals surface area contributed by atoms with Crippen molar-refractivity contribution in [3.63, 3.8) is 0 Å². The van der Waals surface area contributed by atoms with Crippen molar-refractivity contribution in [1.29, 1.82) is 0 Å². The first kappa shape index (κ1) is 14.7. The molecule has 0 saturated heterocycles. The Morgan fingerprint density at radius 2 is 1.60 bits per heavy atom. The summed E-state index contributed by atoms with van der Waals surface area (Å²) in [6.45, 7) is 2.06. The second-order valence-electron chi connectivity index (χ2n) is 4.69. The van der Waals surface area contributed by atoms with Crippen molar-refractivity contribution in [2.45, 2.75) is 17.9 Å². The van der Waals surface area contributed by atoms with Crippen LogP contribution in [0.2, 0.25) is 0 Å². The Bertz CT molecular complexity index is 541. The zero-order valence-corrected chi connectivity index (χ0v) is 12.6. The fourth-order valence-electron chi connectivity index (χ4n) is 1.93. The van der Waals surface area contributed by atoms with Crippen LogP contribution in [0, 0.1) is 0 Å². The maximum absolute atomic E-state index is 12.2. The molecule has 0 heterocycles. The first-order valence-electron chi connectivity index (χ1n) is 6.67. The average molecular weight is 285 g/mol. The molecule has 0 spiro atoms. The number of hydrogen-bond donors (Lipinski definition) is 0. The molecule has 2 nitrogen and oxygen atoms in total. The summed E-state index contributed by atoms with van der Waals surface area (Å²) in [5, 5.41) is 0. The minimum Gasteiger partial charge on any atom is -0.338 e. The zero-order valence-electron chi connectivity index (χ0n) is 11.8. The van der Waals surface area contributed by atoms with Gasteiger partial charge in [0.2, 0.25) is 5.91 Å². The molecular formula is C17H19NOS. The van der Waals surface area contributed by atoms with Gasteiger partial charge in [-0.25, -0.2) is 0 Å². The van der Waals surface area contributed by atoms with E-state index in [1.54, 1.807) is 11.8 Å². The Morgan fingerprint density at radius 3 is 2.20 bits per heavy atom. The van der Waals surface area contributed by atoms with Crippen LogP contribution >= 0.6 is 11.8 Å². The molecule has 0 fully saturated rings. The molecule has 1 unspecified atom stereocenters. The van der Waals surface area contributed by atoms with Gasteiger partial charge in [0.25, 0.3) is 0 Å². The van der Waals surface area contributed by atoms with Gasteiger partial charge in [-0.2, -0.15) is 0 Å². The van der Waals surface area contributed by atoms with E-state index in [4.69, 9.17) is 0 Å². The fourth-order valence-corrected chi connectivity index (χ4v) is 2.78. The van der Waals surface area contributed by atoms with E-state index in [0.29, 0.717) is 5.75 Å². The Kier molecular flexibility index (Phi) is 5.24. The van der Waals surface area contributed by atoms with Gasteiger partial charge >= 0.3 is 0 Å². The molecule has 0 aliphatic carbocycles. The number of nitrogens with zero attached hydrogens (tertiary/aromatic N) is 1. The van der Waals surface area contributed by atoms with E-state index in [-0.39, 0.29) is 11.9 Å². The summed E-state index contributed by atoms with van der Waals surface area (Å²) in [7, 11) is 1.87. The van der Waals surface area contributed by atoms with E-state index in [9.17, 15) is 4.79 Å². The topological polar surface area (TPSA) is 20.3 Å². The third kappa shape index (κ3) is 3.87. The van der Waals surface area contributed by atoms with Crippen LogP contribution in [0.4, 0.5) is 0 Å². The first-order chi connectivity index (χ1) is 9.68. The van der Waals surface area contributed by atoms with Crippen molar-refractivity contribution >= 4 is 17.7 Å². The maximum atomic E-state index is 12.2. The summed E-state index contributed by atoms with van der Waals surface area (Å²) in [5.41, 5.74) is 1.16. The zero-order chi connectivity index (χ0) is 14.4. The summed E-state index contributed by atoms with van der Waals surface area (Å²) in [4.78, 5) is 15.2. The van der Waals surface area contributed by atoms with E-state index in [0.717, 1.165) is 10.5 Å². The fraction of sp³-hybridized carbons (Fsp3) is 0.235. The van der Waals surface area contributed by atoms with Gasteiger partial charge in [0.05, 0.1) is 11.8 Å². The quantitative estimate of drug-likeness (QED) is 0.774. The van der Waals surface area contributed by atoms with Gasteiger partial charge in [-0.3, -0.25) is 4.79 Å². The lowest BCUT2D eigenvalue weighted by atomic mass is 10.1. The van der Waals surface area contributed by atoms with Gasteiger partial charge in [0.15, 0.2) is 0 Å². The van der Waals surface area contributed by atoms with Crippen LogP contribution in [-0.2, 0) is 4.79 Å². The molecule has 2 aromatic rings. The lowest BCUT2D eigenvalue weighted by molar-refractivity contribution is -0.128. The minimum atomic E-state index is 0.0973. The molecule has 1 atom stereocenters. The summed E-state index contributed by atoms with van der Waals surface area (Å²) in [6, 6.07) is 20.2. The maximum Gasteiger partial charge on any atom is 0.233 e. The van der Waals surface area contributed by atoms with Gasteiger partial charge in [-0.05, 0) is 24.6 Å². The lowest BCUT2D eigenvalue weighted by Crippen LogP contribution is -2.31. The number of rotatable bonds is 5. The van der Waals surface area contributed by atoms with Gasteiger partial charge in [-0.1, -0.05) is 48.5 Å². The van der Waals surface area contributed by atoms with Crippen LogP contribution in [0.25, 0.3) is 0 Å². The van der Waals surface area contributed by atoms with E-state index < -0.39 is 0 Å². The molecular weight excluding hydrogens is 266 g/mol. The van der Waals surface area contributed by atoms with E-state index in [2.05, 4.69) is 19.1 Å². The predicted octanol–water partition coefficient (Wildman–Crippen LogP) is 4.00. The summed E-state index contributed by atoms with van der Waals surface area (Å²) in [6.07, 6.45) is 0. The molecule has 1 amide bonds. The highest BCUT2D eigenvalue weighted by Crippen LogP contribution is 2.21. The average Bonchev–Trinajstić information content (AvgIpc) is 2.53. The largest absolute Gasteiger partial charge is 0.338 e. The van der Waals surface area contributed by atoms with Crippen LogP contribution in [0.3, 0.4) is 0 Å². The number of amides is 1. The standard InChI is InChI=1S/C17H19NOS/c1-14(15-9-5-3-6-10-15)18(2)17(19)13-20-16-11-7-4-8-12-16/h3-12,14H,13H2,1-2H3. The van der Waals surface area contributed by atoms with Crippen LogP contribution in [0.5, 0.6) is 0 Å². The van der Waals surface area contributed by atoms with Crippen LogP contribution in [-0.4, -0.2) is 23.6 Å². The highest BCUT2D eigenvalue weighted by Gasteiger charge is 2.17. The normalized spacial score (nSPS) is 11.9. The Morgan fingerprint density at radius 1 is 1.05 bits per heavy atom. The van der Waals surface area contributed by atoms with Crippen molar-refractivity contribution in [1.82, 2.24) is 4.90 Å². The molecule has 0 bridgehead atoms. The molecule has 3 heteroatoms. The van der Waals surface area contributed by atoms with Crippen LogP contribution < -0.4 is 0 Å². The molecule has 20 heavy (non-hydrogen) atoms. The van der Waals surface area contributed by atoms with Gasteiger partial charge in [0.1, 0.15) is 0 Å². The Hall–Kier alpha value is -1.74. The number of benzene rings is 2. The molecule has 0 N–H and O–H groups in total. The lowest BCUT2D eigenvalue weighted by Gasteiger charge is -2.25. The van der Waals surface area contributed by atoms with Crippen molar-refractivity contribution < 1.29 is 4.79 Å². The van der Waals surface area contributed by atoms with Crippen molar-refractivity contribution in [3.05, 3.63) is 66.2 Å². The summed E-state index contributed by atoms with van der Waals surface area (Å²) >= 11 is 1.58. The van der Waals surface area contributed by atoms with Gasteiger partial charge < -0.3 is 4.90 Å². The Labute approximate surface area is 124 Å². The van der Waals surface area contributed by atoms with E-state index >= 15 is 0 Å². The van der Waals surface area contributed by atoms with E-state index in [1.165, 1.54) is 0 Å². The summed E-state index contributed by atoms with van der Waals surface area (Å²) < 4.78 is 0. The van der Waals surface area contributed by atoms with E-state index in [1.807, 2.05) is 60.5 Å². The van der Waals surface area contributed by atoms with Gasteiger partial charge in [0, 0.05) is 11.9 Å². The second-order valence-corrected chi connectivity index (χ2v) is 5.74. The SMILES string of the molecule is CC(c1ccccc1)N(C)C(=O)CSc1ccccc1. The number of hydrogen-bond acceptors (Lipinski definition) is 2. The predicted molar refractivity (Wildman–Crippen MR) is 84.8 cm³/mol. The molecule has 104 valence electrons. The highest BCUT2D eigenvalue weighted by atomic mass is 32.2. The third-order valence-corrected chi connectivity index (χ3v) is 4.36. The Balaban J connectivity index is 1.92. The third-order valence-electron chi connectivity index (χ3n) is 3.36. The smallest absolute Gasteiger partial charge is 0.233 e. The molecule has 0 radical (unpaired) electrons. The van der Waals surface area contributed by atoms with Crippen molar-refractivity contribution in [3.8, 4) is 0 Å². The molecule has 2 aromatic carbocycles. The van der Waals surface area contributed by atoms with Crippen LogP contribution in [0.1, 0.15) is 18.5 Å². The number of carbonyl (C=O) groups is 1. The molecule has 0 aromatic heterocycles. The minimum absolute atomic E-state index is 0.0973. The number of thioether (sulfide) groups is 1. The first-order valence-corrected chi connectivity index (χ1v) is 7.65. The molecule has 0 aliphatic heterocycles. The molecule has 0 saturated carbocycles. The monoisotopic (exact) mass is 285 g/mol. The van der Waals surface area contributed by atoms with Gasteiger partial charge in [-0.15, -0.1) is 11.8 Å². The van der Waals surface area contributed by atoms with Crippen molar-refractivity contribution in [2.24, 2.45) is 0 Å². The van der Waals surface area contributed by atoms with Crippen molar-refractivity contribution in [2.75, 3.05) is 12.8 Å². The molecule has 2 rings (SSSR count).